The molecule has 0 saturated heterocycles. The standard InChI is InChI=1S/C17H25N3O4/c21-13-17(10-2-3-11-17)19-16(22)18-12-4-1-5-14-6-8-15(9-7-14)20(23)24/h6-9,21H,1-5,10-13H2,(H2,18,19,22). The molecule has 0 spiro atoms. The number of nitrogens with zero attached hydrogens (tertiary/aromatic N) is 1. The van der Waals surface area contributed by atoms with Gasteiger partial charge in [0.15, 0.2) is 0 Å². The molecule has 0 aromatic heterocycles. The summed E-state index contributed by atoms with van der Waals surface area (Å²) in [6.07, 6.45) is 6.28. The fourth-order valence-electron chi connectivity index (χ4n) is 3.10. The molecular weight excluding hydrogens is 310 g/mol. The van der Waals surface area contributed by atoms with Crippen molar-refractivity contribution in [2.24, 2.45) is 0 Å². The van der Waals surface area contributed by atoms with Crippen LogP contribution in [0.3, 0.4) is 0 Å². The summed E-state index contributed by atoms with van der Waals surface area (Å²) in [6, 6.07) is 6.34. The summed E-state index contributed by atoms with van der Waals surface area (Å²) in [4.78, 5) is 22.1. The first-order valence-corrected chi connectivity index (χ1v) is 8.45. The van der Waals surface area contributed by atoms with E-state index in [0.29, 0.717) is 6.54 Å². The number of rotatable bonds is 8. The Bertz CT molecular complexity index is 553. The molecule has 1 aromatic carbocycles. The Morgan fingerprint density at radius 3 is 2.46 bits per heavy atom. The van der Waals surface area contributed by atoms with Crippen LogP contribution in [0.4, 0.5) is 10.5 Å². The number of benzene rings is 1. The Kier molecular flexibility index (Phi) is 6.54. The molecule has 2 amide bonds. The molecule has 7 nitrogen and oxygen atoms in total. The highest BCUT2D eigenvalue weighted by molar-refractivity contribution is 5.74. The summed E-state index contributed by atoms with van der Waals surface area (Å²) in [5.41, 5.74) is 0.708. The molecule has 0 unspecified atom stereocenters. The maximum Gasteiger partial charge on any atom is 0.315 e. The number of aliphatic hydroxyl groups excluding tert-OH is 1. The smallest absolute Gasteiger partial charge is 0.315 e. The Labute approximate surface area is 141 Å². The molecule has 0 heterocycles. The molecular formula is C17H25N3O4. The lowest BCUT2D eigenvalue weighted by molar-refractivity contribution is -0.384. The normalized spacial score (nSPS) is 15.9. The highest BCUT2D eigenvalue weighted by Crippen LogP contribution is 2.28. The van der Waals surface area contributed by atoms with E-state index in [2.05, 4.69) is 10.6 Å². The summed E-state index contributed by atoms with van der Waals surface area (Å²) in [5.74, 6) is 0. The number of hydrogen-bond donors (Lipinski definition) is 3. The van der Waals surface area contributed by atoms with Crippen LogP contribution in [0.15, 0.2) is 24.3 Å². The fourth-order valence-corrected chi connectivity index (χ4v) is 3.10. The number of carbonyl (C=O) groups is 1. The van der Waals surface area contributed by atoms with Gasteiger partial charge in [0.05, 0.1) is 17.1 Å². The summed E-state index contributed by atoms with van der Waals surface area (Å²) in [7, 11) is 0. The molecule has 3 N–H and O–H groups in total. The second kappa shape index (κ2) is 8.63. The van der Waals surface area contributed by atoms with Crippen LogP contribution in [-0.2, 0) is 6.42 Å². The lowest BCUT2D eigenvalue weighted by atomic mass is 9.99. The van der Waals surface area contributed by atoms with Crippen molar-refractivity contribution in [3.63, 3.8) is 0 Å². The highest BCUT2D eigenvalue weighted by Gasteiger charge is 2.34. The van der Waals surface area contributed by atoms with Crippen molar-refractivity contribution in [1.82, 2.24) is 10.6 Å². The maximum absolute atomic E-state index is 11.9. The number of unbranched alkanes of at least 4 members (excludes halogenated alkanes) is 1. The van der Waals surface area contributed by atoms with Gasteiger partial charge in [-0.25, -0.2) is 4.79 Å². The van der Waals surface area contributed by atoms with Crippen LogP contribution < -0.4 is 10.6 Å². The van der Waals surface area contributed by atoms with E-state index in [1.165, 1.54) is 12.1 Å². The molecule has 1 aliphatic rings. The van der Waals surface area contributed by atoms with E-state index in [0.717, 1.165) is 50.5 Å². The average Bonchev–Trinajstić information content (AvgIpc) is 3.04. The predicted octanol–water partition coefficient (Wildman–Crippen LogP) is 2.52. The molecule has 0 atom stereocenters. The number of non-ortho nitro benzene ring substituents is 1. The van der Waals surface area contributed by atoms with E-state index in [1.807, 2.05) is 0 Å². The van der Waals surface area contributed by atoms with Gasteiger partial charge in [0.1, 0.15) is 0 Å². The van der Waals surface area contributed by atoms with Crippen molar-refractivity contribution in [3.05, 3.63) is 39.9 Å². The minimum absolute atomic E-state index is 0.0133. The number of carbonyl (C=O) groups excluding carboxylic acids is 1. The third kappa shape index (κ3) is 5.19. The number of aliphatic hydroxyl groups is 1. The van der Waals surface area contributed by atoms with Gasteiger partial charge in [0.25, 0.3) is 5.69 Å². The van der Waals surface area contributed by atoms with E-state index in [1.54, 1.807) is 12.1 Å². The number of nitrogens with one attached hydrogen (secondary N) is 2. The minimum atomic E-state index is -0.442. The van der Waals surface area contributed by atoms with Crippen molar-refractivity contribution in [1.29, 1.82) is 0 Å². The fraction of sp³-hybridized carbons (Fsp3) is 0.588. The van der Waals surface area contributed by atoms with E-state index < -0.39 is 10.5 Å². The number of urea groups is 1. The number of amides is 2. The Morgan fingerprint density at radius 1 is 1.21 bits per heavy atom. The number of nitro benzene ring substituents is 1. The topological polar surface area (TPSA) is 104 Å². The van der Waals surface area contributed by atoms with Crippen LogP contribution in [0, 0.1) is 10.1 Å². The Balaban J connectivity index is 1.62. The van der Waals surface area contributed by atoms with Gasteiger partial charge in [-0.2, -0.15) is 0 Å². The molecule has 1 fully saturated rings. The van der Waals surface area contributed by atoms with Crippen molar-refractivity contribution < 1.29 is 14.8 Å². The summed E-state index contributed by atoms with van der Waals surface area (Å²) >= 11 is 0. The minimum Gasteiger partial charge on any atom is -0.394 e. The van der Waals surface area contributed by atoms with Crippen molar-refractivity contribution in [2.75, 3.05) is 13.2 Å². The van der Waals surface area contributed by atoms with E-state index in [9.17, 15) is 20.0 Å². The lowest BCUT2D eigenvalue weighted by Gasteiger charge is -2.27. The van der Waals surface area contributed by atoms with E-state index >= 15 is 0 Å². The van der Waals surface area contributed by atoms with Crippen LogP contribution in [-0.4, -0.2) is 34.8 Å². The van der Waals surface area contributed by atoms with Crippen molar-refractivity contribution >= 4 is 11.7 Å². The number of hydrogen-bond acceptors (Lipinski definition) is 4. The van der Waals surface area contributed by atoms with Gasteiger partial charge in [-0.05, 0) is 37.7 Å². The Hall–Kier alpha value is -2.15. The SMILES string of the molecule is O=C(NCCCCc1ccc([N+](=O)[O-])cc1)NC1(CO)CCCC1. The third-order valence-electron chi connectivity index (χ3n) is 4.57. The summed E-state index contributed by atoms with van der Waals surface area (Å²) in [6.45, 7) is 0.556. The van der Waals surface area contributed by atoms with E-state index in [4.69, 9.17) is 0 Å². The van der Waals surface area contributed by atoms with Crippen LogP contribution in [0.25, 0.3) is 0 Å². The number of aryl methyl sites for hydroxylation is 1. The van der Waals surface area contributed by atoms with Crippen molar-refractivity contribution in [2.45, 2.75) is 50.5 Å². The zero-order valence-electron chi connectivity index (χ0n) is 13.8. The second-order valence-corrected chi connectivity index (χ2v) is 6.41. The molecule has 0 bridgehead atoms. The summed E-state index contributed by atoms with van der Waals surface area (Å²) in [5, 5.41) is 25.8. The largest absolute Gasteiger partial charge is 0.394 e. The predicted molar refractivity (Wildman–Crippen MR) is 90.9 cm³/mol. The van der Waals surface area contributed by atoms with Crippen LogP contribution >= 0.6 is 0 Å². The van der Waals surface area contributed by atoms with Gasteiger partial charge < -0.3 is 15.7 Å². The van der Waals surface area contributed by atoms with Crippen LogP contribution in [0.1, 0.15) is 44.1 Å². The Morgan fingerprint density at radius 2 is 1.88 bits per heavy atom. The molecule has 132 valence electrons. The molecule has 2 rings (SSSR count). The van der Waals surface area contributed by atoms with Gasteiger partial charge in [0.2, 0.25) is 0 Å². The molecule has 0 radical (unpaired) electrons. The van der Waals surface area contributed by atoms with Crippen LogP contribution in [0.2, 0.25) is 0 Å². The monoisotopic (exact) mass is 335 g/mol. The van der Waals surface area contributed by atoms with Gasteiger partial charge in [-0.15, -0.1) is 0 Å². The molecule has 1 aliphatic carbocycles. The molecule has 7 heteroatoms. The first kappa shape index (κ1) is 18.2. The lowest BCUT2D eigenvalue weighted by Crippen LogP contribution is -2.52. The third-order valence-corrected chi connectivity index (χ3v) is 4.57. The quantitative estimate of drug-likeness (QED) is 0.386. The zero-order chi connectivity index (χ0) is 17.4. The first-order chi connectivity index (χ1) is 11.5. The average molecular weight is 335 g/mol. The van der Waals surface area contributed by atoms with E-state index in [-0.39, 0.29) is 18.3 Å². The zero-order valence-corrected chi connectivity index (χ0v) is 13.8. The molecule has 1 aromatic rings. The maximum atomic E-state index is 11.9. The van der Waals surface area contributed by atoms with Gasteiger partial charge in [-0.1, -0.05) is 25.0 Å². The van der Waals surface area contributed by atoms with Gasteiger partial charge in [0, 0.05) is 18.7 Å². The highest BCUT2D eigenvalue weighted by atomic mass is 16.6. The van der Waals surface area contributed by atoms with Gasteiger partial charge >= 0.3 is 6.03 Å². The van der Waals surface area contributed by atoms with Crippen LogP contribution in [0.5, 0.6) is 0 Å². The molecule has 1 saturated carbocycles. The van der Waals surface area contributed by atoms with Gasteiger partial charge in [-0.3, -0.25) is 10.1 Å². The number of nitro groups is 1. The molecule has 0 aliphatic heterocycles. The summed E-state index contributed by atoms with van der Waals surface area (Å²) < 4.78 is 0. The second-order valence-electron chi connectivity index (χ2n) is 6.41. The first-order valence-electron chi connectivity index (χ1n) is 8.45. The van der Waals surface area contributed by atoms with Crippen molar-refractivity contribution in [3.8, 4) is 0 Å². The molecule has 24 heavy (non-hydrogen) atoms.